The summed E-state index contributed by atoms with van der Waals surface area (Å²) in [4.78, 5) is 7.11. The predicted molar refractivity (Wildman–Crippen MR) is 50.9 cm³/mol. The summed E-state index contributed by atoms with van der Waals surface area (Å²) in [6.07, 6.45) is 10.2. The molecular formula is C10H12N2O. The molecule has 1 heterocycles. The first kappa shape index (κ1) is 8.26. The number of aliphatic hydroxyl groups is 1. The van der Waals surface area contributed by atoms with Crippen molar-refractivity contribution in [1.82, 2.24) is 9.97 Å². The van der Waals surface area contributed by atoms with Crippen LogP contribution in [-0.2, 0) is 6.61 Å². The summed E-state index contributed by atoms with van der Waals surface area (Å²) in [5.41, 5.74) is 2.28. The maximum Gasteiger partial charge on any atom is 0.132 e. The molecule has 0 unspecified atom stereocenters. The van der Waals surface area contributed by atoms with Crippen molar-refractivity contribution >= 4 is 5.57 Å². The van der Waals surface area contributed by atoms with E-state index in [-0.39, 0.29) is 6.61 Å². The van der Waals surface area contributed by atoms with Crippen molar-refractivity contribution in [3.05, 3.63) is 35.9 Å². The van der Waals surface area contributed by atoms with E-state index in [1.165, 1.54) is 5.57 Å². The summed E-state index contributed by atoms with van der Waals surface area (Å²) in [5.74, 6) is 0.630. The highest BCUT2D eigenvalue weighted by molar-refractivity contribution is 5.65. The lowest BCUT2D eigenvalue weighted by Gasteiger charge is -2.05. The lowest BCUT2D eigenvalue weighted by atomic mass is 10.0. The molecule has 2 N–H and O–H groups in total. The largest absolute Gasteiger partial charge is 0.388 e. The number of aliphatic hydroxyl groups excluding tert-OH is 1. The number of rotatable bonds is 2. The van der Waals surface area contributed by atoms with E-state index in [1.807, 2.05) is 0 Å². The lowest BCUT2D eigenvalue weighted by molar-refractivity contribution is 0.272. The van der Waals surface area contributed by atoms with Crippen LogP contribution in [-0.4, -0.2) is 15.1 Å². The summed E-state index contributed by atoms with van der Waals surface area (Å²) in [6, 6.07) is 0. The fourth-order valence-electron chi connectivity index (χ4n) is 1.43. The van der Waals surface area contributed by atoms with Gasteiger partial charge in [-0.1, -0.05) is 18.2 Å². The lowest BCUT2D eigenvalue weighted by Crippen LogP contribution is -1.89. The Bertz CT molecular complexity index is 350. The van der Waals surface area contributed by atoms with E-state index >= 15 is 0 Å². The summed E-state index contributed by atoms with van der Waals surface area (Å²) in [5, 5.41) is 8.82. The summed E-state index contributed by atoms with van der Waals surface area (Å²) in [6.45, 7) is -0.0247. The van der Waals surface area contributed by atoms with Crippen molar-refractivity contribution in [1.29, 1.82) is 0 Å². The monoisotopic (exact) mass is 176 g/mol. The van der Waals surface area contributed by atoms with Crippen molar-refractivity contribution in [2.24, 2.45) is 0 Å². The van der Waals surface area contributed by atoms with E-state index in [1.54, 1.807) is 6.20 Å². The third-order valence-electron chi connectivity index (χ3n) is 2.14. The van der Waals surface area contributed by atoms with Crippen LogP contribution in [0.5, 0.6) is 0 Å². The van der Waals surface area contributed by atoms with Crippen LogP contribution in [0.15, 0.2) is 24.4 Å². The topological polar surface area (TPSA) is 48.9 Å². The van der Waals surface area contributed by atoms with Gasteiger partial charge in [0.25, 0.3) is 0 Å². The second kappa shape index (κ2) is 3.58. The molecule has 3 heteroatoms. The number of hydrogen-bond donors (Lipinski definition) is 2. The van der Waals surface area contributed by atoms with Crippen LogP contribution in [0.3, 0.4) is 0 Å². The van der Waals surface area contributed by atoms with Gasteiger partial charge in [-0.15, -0.1) is 0 Å². The molecule has 0 saturated heterocycles. The van der Waals surface area contributed by atoms with Gasteiger partial charge >= 0.3 is 0 Å². The highest BCUT2D eigenvalue weighted by atomic mass is 16.3. The fraction of sp³-hybridized carbons (Fsp3) is 0.300. The average Bonchev–Trinajstić information content (AvgIpc) is 2.67. The summed E-state index contributed by atoms with van der Waals surface area (Å²) in [7, 11) is 0. The first-order chi connectivity index (χ1) is 6.40. The van der Waals surface area contributed by atoms with Crippen LogP contribution >= 0.6 is 0 Å². The van der Waals surface area contributed by atoms with Crippen LogP contribution in [0.4, 0.5) is 0 Å². The van der Waals surface area contributed by atoms with Gasteiger partial charge in [-0.05, 0) is 18.4 Å². The highest BCUT2D eigenvalue weighted by Gasteiger charge is 2.05. The zero-order valence-electron chi connectivity index (χ0n) is 7.33. The minimum Gasteiger partial charge on any atom is -0.388 e. The Morgan fingerprint density at radius 3 is 3.08 bits per heavy atom. The van der Waals surface area contributed by atoms with Gasteiger partial charge in [0.15, 0.2) is 0 Å². The van der Waals surface area contributed by atoms with Gasteiger partial charge in [0, 0.05) is 0 Å². The number of allylic oxidation sites excluding steroid dienone is 4. The fourth-order valence-corrected chi connectivity index (χ4v) is 1.43. The van der Waals surface area contributed by atoms with Gasteiger partial charge in [0.05, 0.1) is 11.9 Å². The van der Waals surface area contributed by atoms with Crippen LogP contribution < -0.4 is 0 Å². The van der Waals surface area contributed by atoms with E-state index in [0.717, 1.165) is 18.5 Å². The van der Waals surface area contributed by atoms with E-state index < -0.39 is 0 Å². The number of H-pyrrole nitrogens is 1. The zero-order chi connectivity index (χ0) is 9.10. The first-order valence-electron chi connectivity index (χ1n) is 4.41. The normalized spacial score (nSPS) is 15.9. The maximum atomic E-state index is 8.82. The maximum absolute atomic E-state index is 8.82. The Balaban J connectivity index is 2.24. The van der Waals surface area contributed by atoms with Gasteiger partial charge in [0.2, 0.25) is 0 Å². The molecule has 0 aromatic carbocycles. The number of hydrogen-bond acceptors (Lipinski definition) is 2. The SMILES string of the molecule is OCc1ncc(C2=CC=CCC2)[nH]1. The van der Waals surface area contributed by atoms with Crippen molar-refractivity contribution in [2.45, 2.75) is 19.4 Å². The molecule has 0 spiro atoms. The molecule has 0 saturated carbocycles. The zero-order valence-corrected chi connectivity index (χ0v) is 7.33. The molecule has 1 aliphatic rings. The van der Waals surface area contributed by atoms with E-state index in [0.29, 0.717) is 5.82 Å². The Labute approximate surface area is 76.8 Å². The molecule has 0 bridgehead atoms. The van der Waals surface area contributed by atoms with Gasteiger partial charge in [0.1, 0.15) is 12.4 Å². The number of nitrogens with zero attached hydrogens (tertiary/aromatic N) is 1. The molecule has 1 aromatic heterocycles. The van der Waals surface area contributed by atoms with Crippen LogP contribution in [0, 0.1) is 0 Å². The van der Waals surface area contributed by atoms with Crippen LogP contribution in [0.2, 0.25) is 0 Å². The quantitative estimate of drug-likeness (QED) is 0.719. The Kier molecular flexibility index (Phi) is 2.27. The molecule has 0 fully saturated rings. The summed E-state index contributed by atoms with van der Waals surface area (Å²) >= 11 is 0. The molecule has 0 amide bonds. The smallest absolute Gasteiger partial charge is 0.132 e. The van der Waals surface area contributed by atoms with Crippen LogP contribution in [0.1, 0.15) is 24.4 Å². The second-order valence-electron chi connectivity index (χ2n) is 3.06. The van der Waals surface area contributed by atoms with Crippen molar-refractivity contribution in [3.8, 4) is 0 Å². The Hall–Kier alpha value is -1.35. The molecule has 1 aliphatic carbocycles. The molecular weight excluding hydrogens is 164 g/mol. The number of aromatic amines is 1. The highest BCUT2D eigenvalue weighted by Crippen LogP contribution is 2.21. The van der Waals surface area contributed by atoms with E-state index in [9.17, 15) is 0 Å². The minimum atomic E-state index is -0.0247. The molecule has 0 radical (unpaired) electrons. The summed E-state index contributed by atoms with van der Waals surface area (Å²) < 4.78 is 0. The molecule has 1 aromatic rings. The predicted octanol–water partition coefficient (Wildman–Crippen LogP) is 1.64. The molecule has 3 nitrogen and oxygen atoms in total. The van der Waals surface area contributed by atoms with Gasteiger partial charge in [-0.2, -0.15) is 0 Å². The molecule has 2 rings (SSSR count). The number of nitrogens with one attached hydrogen (secondary N) is 1. The molecule has 13 heavy (non-hydrogen) atoms. The molecule has 68 valence electrons. The Morgan fingerprint density at radius 1 is 1.54 bits per heavy atom. The third-order valence-corrected chi connectivity index (χ3v) is 2.14. The second-order valence-corrected chi connectivity index (χ2v) is 3.06. The van der Waals surface area contributed by atoms with Crippen molar-refractivity contribution in [2.75, 3.05) is 0 Å². The van der Waals surface area contributed by atoms with Crippen molar-refractivity contribution < 1.29 is 5.11 Å². The van der Waals surface area contributed by atoms with Gasteiger partial charge in [-0.3, -0.25) is 0 Å². The molecule has 0 aliphatic heterocycles. The first-order valence-corrected chi connectivity index (χ1v) is 4.41. The average molecular weight is 176 g/mol. The van der Waals surface area contributed by atoms with Gasteiger partial charge in [-0.25, -0.2) is 4.98 Å². The van der Waals surface area contributed by atoms with Crippen molar-refractivity contribution in [3.63, 3.8) is 0 Å². The molecule has 0 atom stereocenters. The van der Waals surface area contributed by atoms with Crippen LogP contribution in [0.25, 0.3) is 5.57 Å². The number of aromatic nitrogens is 2. The number of imidazole rings is 1. The minimum absolute atomic E-state index is 0.0247. The standard InChI is InChI=1S/C10H12N2O/c13-7-10-11-6-9(12-10)8-4-2-1-3-5-8/h1-2,4,6,13H,3,5,7H2,(H,11,12). The third kappa shape index (κ3) is 1.70. The Morgan fingerprint density at radius 2 is 2.46 bits per heavy atom. The van der Waals surface area contributed by atoms with E-state index in [2.05, 4.69) is 28.2 Å². The van der Waals surface area contributed by atoms with Gasteiger partial charge < -0.3 is 10.1 Å². The van der Waals surface area contributed by atoms with E-state index in [4.69, 9.17) is 5.11 Å².